The Morgan fingerprint density at radius 1 is 1.29 bits per heavy atom. The third-order valence-electron chi connectivity index (χ3n) is 3.15. The van der Waals surface area contributed by atoms with Gasteiger partial charge in [-0.3, -0.25) is 4.79 Å². The van der Waals surface area contributed by atoms with Crippen LogP contribution in [-0.4, -0.2) is 20.6 Å². The molecule has 0 fully saturated rings. The third kappa shape index (κ3) is 3.71. The summed E-state index contributed by atoms with van der Waals surface area (Å²) >= 11 is 1.45. The fraction of sp³-hybridized carbons (Fsp3) is 0.267. The van der Waals surface area contributed by atoms with E-state index in [0.29, 0.717) is 10.6 Å². The lowest BCUT2D eigenvalue weighted by Crippen LogP contribution is -2.10. The molecular weight excluding hydrogens is 306 g/mol. The molecule has 0 saturated carbocycles. The van der Waals surface area contributed by atoms with Crippen molar-refractivity contribution in [3.63, 3.8) is 0 Å². The van der Waals surface area contributed by atoms with Crippen molar-refractivity contribution >= 4 is 32.8 Å². The van der Waals surface area contributed by atoms with Gasteiger partial charge in [0.05, 0.1) is 9.77 Å². The van der Waals surface area contributed by atoms with E-state index < -0.39 is 9.84 Å². The molecule has 0 aliphatic rings. The molecule has 0 aliphatic carbocycles. The molecule has 6 heteroatoms. The zero-order valence-corrected chi connectivity index (χ0v) is 13.8. The summed E-state index contributed by atoms with van der Waals surface area (Å²) < 4.78 is 23.0. The lowest BCUT2D eigenvalue weighted by atomic mass is 10.2. The van der Waals surface area contributed by atoms with E-state index in [0.717, 1.165) is 23.1 Å². The van der Waals surface area contributed by atoms with E-state index >= 15 is 0 Å². The summed E-state index contributed by atoms with van der Waals surface area (Å²) in [4.78, 5) is 14.2. The number of rotatable bonds is 4. The van der Waals surface area contributed by atoms with Gasteiger partial charge in [-0.1, -0.05) is 13.0 Å². The predicted molar refractivity (Wildman–Crippen MR) is 85.9 cm³/mol. The second-order valence-electron chi connectivity index (χ2n) is 4.80. The smallest absolute Gasteiger partial charge is 0.265 e. The molecule has 112 valence electrons. The van der Waals surface area contributed by atoms with E-state index in [4.69, 9.17) is 0 Å². The molecule has 4 nitrogen and oxygen atoms in total. The van der Waals surface area contributed by atoms with Crippen LogP contribution in [0.5, 0.6) is 0 Å². The molecule has 0 spiro atoms. The average molecular weight is 323 g/mol. The SMILES string of the molecule is CCc1cc(C(=O)Nc2cccc(S(C)(=O)=O)c2)sc1C. The fourth-order valence-electron chi connectivity index (χ4n) is 1.98. The first-order valence-corrected chi connectivity index (χ1v) is 9.23. The van der Waals surface area contributed by atoms with E-state index in [2.05, 4.69) is 5.32 Å². The Balaban J connectivity index is 2.23. The Morgan fingerprint density at radius 2 is 2.00 bits per heavy atom. The number of carbonyl (C=O) groups is 1. The molecule has 0 radical (unpaired) electrons. The lowest BCUT2D eigenvalue weighted by molar-refractivity contribution is 0.103. The van der Waals surface area contributed by atoms with Crippen molar-refractivity contribution in [2.75, 3.05) is 11.6 Å². The van der Waals surface area contributed by atoms with Crippen molar-refractivity contribution in [3.8, 4) is 0 Å². The molecule has 1 aromatic heterocycles. The van der Waals surface area contributed by atoms with Gasteiger partial charge in [0.15, 0.2) is 9.84 Å². The molecule has 2 rings (SSSR count). The number of amides is 1. The van der Waals surface area contributed by atoms with Crippen LogP contribution in [0.3, 0.4) is 0 Å². The summed E-state index contributed by atoms with van der Waals surface area (Å²) in [6.07, 6.45) is 2.03. The largest absolute Gasteiger partial charge is 0.321 e. The molecule has 1 amide bonds. The maximum atomic E-state index is 12.2. The van der Waals surface area contributed by atoms with Crippen molar-refractivity contribution in [3.05, 3.63) is 45.6 Å². The highest BCUT2D eigenvalue weighted by molar-refractivity contribution is 7.90. The molecule has 1 N–H and O–H groups in total. The Labute approximate surface area is 128 Å². The number of nitrogens with one attached hydrogen (secondary N) is 1. The van der Waals surface area contributed by atoms with Gasteiger partial charge in [-0.2, -0.15) is 0 Å². The normalized spacial score (nSPS) is 11.4. The highest BCUT2D eigenvalue weighted by Gasteiger charge is 2.13. The molecule has 1 heterocycles. The van der Waals surface area contributed by atoms with Gasteiger partial charge >= 0.3 is 0 Å². The summed E-state index contributed by atoms with van der Waals surface area (Å²) in [6.45, 7) is 4.04. The summed E-state index contributed by atoms with van der Waals surface area (Å²) in [5, 5.41) is 2.74. The van der Waals surface area contributed by atoms with Gasteiger partial charge in [0, 0.05) is 16.8 Å². The number of hydrogen-bond donors (Lipinski definition) is 1. The zero-order chi connectivity index (χ0) is 15.6. The van der Waals surface area contributed by atoms with Crippen LogP contribution in [0.25, 0.3) is 0 Å². The Kier molecular flexibility index (Phi) is 4.49. The van der Waals surface area contributed by atoms with Crippen molar-refractivity contribution in [2.45, 2.75) is 25.2 Å². The van der Waals surface area contributed by atoms with Crippen molar-refractivity contribution in [1.29, 1.82) is 0 Å². The second kappa shape index (κ2) is 5.99. The van der Waals surface area contributed by atoms with E-state index in [1.807, 2.05) is 19.9 Å². The van der Waals surface area contributed by atoms with Crippen molar-refractivity contribution in [1.82, 2.24) is 0 Å². The van der Waals surface area contributed by atoms with Gasteiger partial charge < -0.3 is 5.32 Å². The number of thiophene rings is 1. The average Bonchev–Trinajstić information content (AvgIpc) is 2.79. The van der Waals surface area contributed by atoms with Gasteiger partial charge in [-0.25, -0.2) is 8.42 Å². The van der Waals surface area contributed by atoms with Gasteiger partial charge in [0.1, 0.15) is 0 Å². The van der Waals surface area contributed by atoms with Gasteiger partial charge in [0.2, 0.25) is 0 Å². The number of benzene rings is 1. The number of anilines is 1. The Hall–Kier alpha value is -1.66. The van der Waals surface area contributed by atoms with Crippen LogP contribution in [0.4, 0.5) is 5.69 Å². The first-order valence-electron chi connectivity index (χ1n) is 6.52. The van der Waals surface area contributed by atoms with Crippen molar-refractivity contribution in [2.24, 2.45) is 0 Å². The van der Waals surface area contributed by atoms with Crippen LogP contribution in [-0.2, 0) is 16.3 Å². The minimum absolute atomic E-state index is 0.192. The Morgan fingerprint density at radius 3 is 2.57 bits per heavy atom. The van der Waals surface area contributed by atoms with Gasteiger partial charge in [-0.15, -0.1) is 11.3 Å². The minimum Gasteiger partial charge on any atom is -0.321 e. The minimum atomic E-state index is -3.28. The molecule has 0 atom stereocenters. The molecule has 1 aromatic carbocycles. The molecule has 0 bridgehead atoms. The third-order valence-corrected chi connectivity index (χ3v) is 5.35. The van der Waals surface area contributed by atoms with E-state index in [-0.39, 0.29) is 10.8 Å². The summed E-state index contributed by atoms with van der Waals surface area (Å²) in [7, 11) is -3.28. The van der Waals surface area contributed by atoms with Gasteiger partial charge in [0.25, 0.3) is 5.91 Å². The number of sulfone groups is 1. The molecule has 0 saturated heterocycles. The molecule has 21 heavy (non-hydrogen) atoms. The van der Waals surface area contributed by atoms with Crippen LogP contribution < -0.4 is 5.32 Å². The number of hydrogen-bond acceptors (Lipinski definition) is 4. The van der Waals surface area contributed by atoms with Crippen molar-refractivity contribution < 1.29 is 13.2 Å². The molecular formula is C15H17NO3S2. The Bertz CT molecular complexity index is 776. The zero-order valence-electron chi connectivity index (χ0n) is 12.1. The topological polar surface area (TPSA) is 63.2 Å². The summed E-state index contributed by atoms with van der Waals surface area (Å²) in [6, 6.07) is 8.15. The monoisotopic (exact) mass is 323 g/mol. The quantitative estimate of drug-likeness (QED) is 0.939. The highest BCUT2D eigenvalue weighted by atomic mass is 32.2. The summed E-state index contributed by atoms with van der Waals surface area (Å²) in [5.41, 5.74) is 1.64. The van der Waals surface area contributed by atoms with Crippen LogP contribution in [0.15, 0.2) is 35.2 Å². The predicted octanol–water partition coefficient (Wildman–Crippen LogP) is 3.27. The van der Waals surface area contributed by atoms with Gasteiger partial charge in [-0.05, 0) is 43.2 Å². The first-order chi connectivity index (χ1) is 9.81. The van der Waals surface area contributed by atoms with Crippen LogP contribution in [0.2, 0.25) is 0 Å². The maximum Gasteiger partial charge on any atom is 0.265 e. The lowest BCUT2D eigenvalue weighted by Gasteiger charge is -2.05. The van der Waals surface area contributed by atoms with E-state index in [9.17, 15) is 13.2 Å². The molecule has 0 unspecified atom stereocenters. The van der Waals surface area contributed by atoms with Crippen LogP contribution in [0, 0.1) is 6.92 Å². The summed E-state index contributed by atoms with van der Waals surface area (Å²) in [5.74, 6) is -0.214. The standard InChI is InChI=1S/C15H17NO3S2/c1-4-11-8-14(20-10(11)2)15(17)16-12-6-5-7-13(9-12)21(3,18)19/h5-9H,4H2,1-3H3,(H,16,17). The van der Waals surface area contributed by atoms with Crippen LogP contribution >= 0.6 is 11.3 Å². The fourth-order valence-corrected chi connectivity index (χ4v) is 3.66. The second-order valence-corrected chi connectivity index (χ2v) is 8.07. The van der Waals surface area contributed by atoms with E-state index in [1.54, 1.807) is 12.1 Å². The highest BCUT2D eigenvalue weighted by Crippen LogP contribution is 2.23. The van der Waals surface area contributed by atoms with E-state index in [1.165, 1.54) is 23.5 Å². The first kappa shape index (κ1) is 15.7. The molecule has 2 aromatic rings. The van der Waals surface area contributed by atoms with Crippen LogP contribution in [0.1, 0.15) is 27.0 Å². The number of carbonyl (C=O) groups excluding carboxylic acids is 1. The maximum absolute atomic E-state index is 12.2. The number of aryl methyl sites for hydroxylation is 2. The molecule has 0 aliphatic heterocycles.